The molecule has 0 radical (unpaired) electrons. The van der Waals surface area contributed by atoms with Gasteiger partial charge in [0.25, 0.3) is 5.91 Å². The SMILES string of the molecule is CC.CNCc1cnc(-c2ccc(O)c(F)c2)nc1.O=Cc1ccc2c(c1)NC(=O)c1ccccc1S2. The van der Waals surface area contributed by atoms with Gasteiger partial charge in [-0.2, -0.15) is 0 Å². The van der Waals surface area contributed by atoms with Gasteiger partial charge in [0, 0.05) is 45.4 Å². The minimum absolute atomic E-state index is 0.139. The topological polar surface area (TPSA) is 104 Å². The Labute approximate surface area is 219 Å². The third-order valence-electron chi connectivity index (χ3n) is 5.03. The van der Waals surface area contributed by atoms with Gasteiger partial charge in [-0.1, -0.05) is 43.8 Å². The van der Waals surface area contributed by atoms with Crippen molar-refractivity contribution in [3.63, 3.8) is 0 Å². The van der Waals surface area contributed by atoms with Crippen LogP contribution in [0.25, 0.3) is 11.4 Å². The van der Waals surface area contributed by atoms with Crippen LogP contribution in [0.4, 0.5) is 10.1 Å². The quantitative estimate of drug-likeness (QED) is 0.287. The number of halogens is 1. The number of hydrogen-bond donors (Lipinski definition) is 3. The molecule has 7 nitrogen and oxygen atoms in total. The monoisotopic (exact) mass is 518 g/mol. The molecule has 1 amide bonds. The molecule has 190 valence electrons. The number of nitrogens with one attached hydrogen (secondary N) is 2. The maximum atomic E-state index is 13.1. The Morgan fingerprint density at radius 3 is 2.43 bits per heavy atom. The van der Waals surface area contributed by atoms with Gasteiger partial charge in [0.15, 0.2) is 17.4 Å². The second kappa shape index (κ2) is 13.3. The van der Waals surface area contributed by atoms with Crippen molar-refractivity contribution in [2.45, 2.75) is 30.2 Å². The lowest BCUT2D eigenvalue weighted by atomic mass is 10.2. The molecule has 5 rings (SSSR count). The number of aldehydes is 1. The third kappa shape index (κ3) is 6.99. The Hall–Kier alpha value is -4.08. The highest BCUT2D eigenvalue weighted by molar-refractivity contribution is 7.99. The number of benzene rings is 3. The second-order valence-electron chi connectivity index (χ2n) is 7.54. The maximum absolute atomic E-state index is 13.1. The van der Waals surface area contributed by atoms with Crippen molar-refractivity contribution in [1.82, 2.24) is 15.3 Å². The summed E-state index contributed by atoms with van der Waals surface area (Å²) in [6, 6.07) is 16.8. The summed E-state index contributed by atoms with van der Waals surface area (Å²) in [4.78, 5) is 33.0. The lowest BCUT2D eigenvalue weighted by molar-refractivity contribution is 0.102. The Bertz CT molecular complexity index is 1380. The van der Waals surface area contributed by atoms with Crippen molar-refractivity contribution in [1.29, 1.82) is 0 Å². The molecule has 0 aliphatic carbocycles. The van der Waals surface area contributed by atoms with Crippen LogP contribution in [0.5, 0.6) is 5.75 Å². The first kappa shape index (κ1) is 27.5. The number of aromatic nitrogens is 2. The predicted octanol–water partition coefficient (Wildman–Crippen LogP) is 5.95. The number of carbonyl (C=O) groups excluding carboxylic acids is 2. The number of anilines is 1. The molecule has 2 heterocycles. The normalized spacial score (nSPS) is 11.3. The van der Waals surface area contributed by atoms with Crippen LogP contribution in [0.1, 0.15) is 40.1 Å². The zero-order chi connectivity index (χ0) is 26.8. The molecular weight excluding hydrogens is 491 g/mol. The van der Waals surface area contributed by atoms with E-state index in [0.29, 0.717) is 34.7 Å². The first-order valence-electron chi connectivity index (χ1n) is 11.6. The lowest BCUT2D eigenvalue weighted by Crippen LogP contribution is -2.11. The molecular formula is C28H27FN4O3S. The molecule has 0 spiro atoms. The predicted molar refractivity (Wildman–Crippen MR) is 144 cm³/mol. The fraction of sp³-hybridized carbons (Fsp3) is 0.143. The fourth-order valence-electron chi connectivity index (χ4n) is 3.30. The van der Waals surface area contributed by atoms with Gasteiger partial charge in [0.2, 0.25) is 0 Å². The molecule has 0 bridgehead atoms. The highest BCUT2D eigenvalue weighted by atomic mass is 32.2. The highest BCUT2D eigenvalue weighted by Gasteiger charge is 2.19. The van der Waals surface area contributed by atoms with Gasteiger partial charge in [-0.05, 0) is 49.5 Å². The van der Waals surface area contributed by atoms with Crippen LogP contribution in [-0.2, 0) is 6.54 Å². The van der Waals surface area contributed by atoms with Crippen LogP contribution in [0.15, 0.2) is 82.8 Å². The van der Waals surface area contributed by atoms with E-state index in [4.69, 9.17) is 5.11 Å². The molecule has 0 fully saturated rings. The number of phenols is 1. The van der Waals surface area contributed by atoms with Gasteiger partial charge in [-0.15, -0.1) is 0 Å². The Balaban J connectivity index is 0.000000193. The van der Waals surface area contributed by atoms with E-state index in [9.17, 15) is 14.0 Å². The maximum Gasteiger partial charge on any atom is 0.256 e. The highest BCUT2D eigenvalue weighted by Crippen LogP contribution is 2.38. The van der Waals surface area contributed by atoms with E-state index < -0.39 is 5.82 Å². The Morgan fingerprint density at radius 1 is 1.03 bits per heavy atom. The molecule has 3 aromatic carbocycles. The summed E-state index contributed by atoms with van der Waals surface area (Å²) in [6.45, 7) is 4.68. The largest absolute Gasteiger partial charge is 0.505 e. The first-order chi connectivity index (χ1) is 18.0. The molecule has 0 saturated heterocycles. The van der Waals surface area contributed by atoms with E-state index >= 15 is 0 Å². The Morgan fingerprint density at radius 2 is 1.76 bits per heavy atom. The van der Waals surface area contributed by atoms with Crippen molar-refractivity contribution < 1.29 is 19.1 Å². The zero-order valence-corrected chi connectivity index (χ0v) is 21.5. The van der Waals surface area contributed by atoms with Gasteiger partial charge < -0.3 is 15.7 Å². The number of rotatable bonds is 4. The van der Waals surface area contributed by atoms with Crippen LogP contribution < -0.4 is 10.6 Å². The molecule has 0 unspecified atom stereocenters. The van der Waals surface area contributed by atoms with Crippen LogP contribution in [0, 0.1) is 5.82 Å². The van der Waals surface area contributed by atoms with Gasteiger partial charge in [-0.3, -0.25) is 9.59 Å². The number of nitrogens with zero attached hydrogens (tertiary/aromatic N) is 2. The van der Waals surface area contributed by atoms with Gasteiger partial charge in [0.05, 0.1) is 11.3 Å². The summed E-state index contributed by atoms with van der Waals surface area (Å²) in [5.41, 5.74) is 3.39. The molecule has 1 aliphatic rings. The molecule has 1 aliphatic heterocycles. The van der Waals surface area contributed by atoms with Crippen molar-refractivity contribution >= 4 is 29.6 Å². The number of fused-ring (bicyclic) bond motifs is 2. The van der Waals surface area contributed by atoms with Crippen molar-refractivity contribution in [2.75, 3.05) is 12.4 Å². The molecule has 37 heavy (non-hydrogen) atoms. The summed E-state index contributed by atoms with van der Waals surface area (Å²) in [5.74, 6) is -0.755. The summed E-state index contributed by atoms with van der Waals surface area (Å²) in [6.07, 6.45) is 4.14. The molecule has 9 heteroatoms. The van der Waals surface area contributed by atoms with Crippen molar-refractivity contribution in [3.05, 3.63) is 95.6 Å². The summed E-state index contributed by atoms with van der Waals surface area (Å²) < 4.78 is 13.1. The van der Waals surface area contributed by atoms with Crippen LogP contribution in [0.2, 0.25) is 0 Å². The van der Waals surface area contributed by atoms with E-state index in [1.807, 2.05) is 45.2 Å². The first-order valence-corrected chi connectivity index (χ1v) is 12.4. The second-order valence-corrected chi connectivity index (χ2v) is 8.62. The van der Waals surface area contributed by atoms with Crippen LogP contribution in [0.3, 0.4) is 0 Å². The van der Waals surface area contributed by atoms with E-state index in [1.54, 1.807) is 36.7 Å². The van der Waals surface area contributed by atoms with Gasteiger partial charge in [0.1, 0.15) is 6.29 Å². The minimum Gasteiger partial charge on any atom is -0.505 e. The van der Waals surface area contributed by atoms with E-state index in [2.05, 4.69) is 20.6 Å². The van der Waals surface area contributed by atoms with Crippen molar-refractivity contribution in [2.24, 2.45) is 0 Å². The smallest absolute Gasteiger partial charge is 0.256 e. The number of phenolic OH excluding ortho intramolecular Hbond substituents is 1. The average molecular weight is 519 g/mol. The summed E-state index contributed by atoms with van der Waals surface area (Å²) >= 11 is 1.53. The van der Waals surface area contributed by atoms with Gasteiger partial charge >= 0.3 is 0 Å². The molecule has 3 N–H and O–H groups in total. The summed E-state index contributed by atoms with van der Waals surface area (Å²) in [7, 11) is 1.84. The summed E-state index contributed by atoms with van der Waals surface area (Å²) in [5, 5.41) is 14.9. The van der Waals surface area contributed by atoms with Crippen LogP contribution >= 0.6 is 11.8 Å². The van der Waals surface area contributed by atoms with Crippen molar-refractivity contribution in [3.8, 4) is 17.1 Å². The standard InChI is InChI=1S/C14H9NO2S.C12H12FN3O.C2H6/c16-8-9-5-6-13-11(7-9)15-14(17)10-3-1-2-4-12(10)18-13;1-14-5-8-6-15-12(16-7-8)9-2-3-11(17)10(13)4-9;1-2/h1-8H,(H,15,17);2-4,6-7,14,17H,5H2,1H3;1-2H3. The average Bonchev–Trinajstić information content (AvgIpc) is 3.07. The number of carbonyl (C=O) groups is 2. The van der Waals surface area contributed by atoms with Crippen LogP contribution in [-0.4, -0.2) is 34.3 Å². The molecule has 0 saturated carbocycles. The number of aromatic hydroxyl groups is 1. The van der Waals surface area contributed by atoms with E-state index in [-0.39, 0.29) is 11.7 Å². The fourth-order valence-corrected chi connectivity index (χ4v) is 4.31. The number of hydrogen-bond acceptors (Lipinski definition) is 7. The molecule has 0 atom stereocenters. The minimum atomic E-state index is -0.676. The molecule has 1 aromatic heterocycles. The third-order valence-corrected chi connectivity index (χ3v) is 6.18. The Kier molecular flexibility index (Phi) is 9.88. The van der Waals surface area contributed by atoms with E-state index in [0.717, 1.165) is 21.6 Å². The number of amides is 1. The van der Waals surface area contributed by atoms with E-state index in [1.165, 1.54) is 23.9 Å². The molecule has 4 aromatic rings. The lowest BCUT2D eigenvalue weighted by Gasteiger charge is -2.05. The zero-order valence-electron chi connectivity index (χ0n) is 20.7. The van der Waals surface area contributed by atoms with Gasteiger partial charge in [-0.25, -0.2) is 14.4 Å².